The lowest BCUT2D eigenvalue weighted by atomic mass is 10.2. The van der Waals surface area contributed by atoms with Gasteiger partial charge in [0.15, 0.2) is 0 Å². The van der Waals surface area contributed by atoms with Crippen LogP contribution in [0.5, 0.6) is 0 Å². The third-order valence-corrected chi connectivity index (χ3v) is 2.87. The van der Waals surface area contributed by atoms with Crippen molar-refractivity contribution in [3.8, 4) is 0 Å². The highest BCUT2D eigenvalue weighted by molar-refractivity contribution is 5.95. The first-order valence-electron chi connectivity index (χ1n) is 6.11. The number of benzene rings is 1. The van der Waals surface area contributed by atoms with E-state index >= 15 is 0 Å². The Morgan fingerprint density at radius 1 is 1.24 bits per heavy atom. The molecule has 0 radical (unpaired) electrons. The van der Waals surface area contributed by atoms with Crippen molar-refractivity contribution in [3.63, 3.8) is 0 Å². The van der Waals surface area contributed by atoms with Crippen molar-refractivity contribution in [3.05, 3.63) is 35.6 Å². The molecule has 114 valence electrons. The zero-order valence-corrected chi connectivity index (χ0v) is 11.6. The summed E-state index contributed by atoms with van der Waals surface area (Å²) in [6, 6.07) is 4.27. The number of nitrogens with one attached hydrogen (secondary N) is 2. The highest BCUT2D eigenvalue weighted by Gasteiger charge is 2.18. The standard InChI is InChI=1S/C13H16FN3O4/c1-8(17(2)13(20)21)7-11(18)15-16-12(19)9-3-5-10(14)6-4-9/h3-6,8H,7H2,1-2H3,(H,15,18)(H,16,19)(H,20,21). The fraction of sp³-hybridized carbons (Fsp3) is 0.308. The normalized spacial score (nSPS) is 11.4. The average molecular weight is 297 g/mol. The Hall–Kier alpha value is -2.64. The monoisotopic (exact) mass is 297 g/mol. The van der Waals surface area contributed by atoms with Crippen molar-refractivity contribution in [1.82, 2.24) is 15.8 Å². The summed E-state index contributed by atoms with van der Waals surface area (Å²) in [5, 5.41) is 8.75. The molecule has 1 atom stereocenters. The van der Waals surface area contributed by atoms with E-state index in [0.29, 0.717) is 0 Å². The molecule has 0 aliphatic heterocycles. The van der Waals surface area contributed by atoms with E-state index in [1.807, 2.05) is 0 Å². The minimum absolute atomic E-state index is 0.105. The minimum Gasteiger partial charge on any atom is -0.465 e. The number of hydrogen-bond acceptors (Lipinski definition) is 3. The third-order valence-electron chi connectivity index (χ3n) is 2.87. The van der Waals surface area contributed by atoms with E-state index in [9.17, 15) is 18.8 Å². The highest BCUT2D eigenvalue weighted by atomic mass is 19.1. The van der Waals surface area contributed by atoms with Crippen LogP contribution >= 0.6 is 0 Å². The van der Waals surface area contributed by atoms with Gasteiger partial charge in [0, 0.05) is 25.1 Å². The highest BCUT2D eigenvalue weighted by Crippen LogP contribution is 2.03. The van der Waals surface area contributed by atoms with E-state index in [-0.39, 0.29) is 12.0 Å². The molecule has 3 N–H and O–H groups in total. The second kappa shape index (κ2) is 7.22. The fourth-order valence-electron chi connectivity index (χ4n) is 1.44. The smallest absolute Gasteiger partial charge is 0.407 e. The van der Waals surface area contributed by atoms with Crippen LogP contribution in [-0.2, 0) is 4.79 Å². The molecule has 0 bridgehead atoms. The van der Waals surface area contributed by atoms with Crippen LogP contribution in [0.25, 0.3) is 0 Å². The number of carboxylic acid groups (broad SMARTS) is 1. The predicted molar refractivity (Wildman–Crippen MR) is 71.9 cm³/mol. The number of halogens is 1. The van der Waals surface area contributed by atoms with Gasteiger partial charge in [-0.05, 0) is 31.2 Å². The first kappa shape index (κ1) is 16.4. The second-order valence-electron chi connectivity index (χ2n) is 4.46. The van der Waals surface area contributed by atoms with E-state index in [0.717, 1.165) is 17.0 Å². The van der Waals surface area contributed by atoms with Crippen LogP contribution in [0.3, 0.4) is 0 Å². The fourth-order valence-corrected chi connectivity index (χ4v) is 1.44. The van der Waals surface area contributed by atoms with Gasteiger partial charge >= 0.3 is 6.09 Å². The first-order chi connectivity index (χ1) is 9.81. The summed E-state index contributed by atoms with van der Waals surface area (Å²) in [5.41, 5.74) is 4.52. The molecule has 3 amide bonds. The van der Waals surface area contributed by atoms with Crippen LogP contribution in [0.4, 0.5) is 9.18 Å². The Morgan fingerprint density at radius 3 is 2.33 bits per heavy atom. The number of carbonyl (C=O) groups is 3. The lowest BCUT2D eigenvalue weighted by Gasteiger charge is -2.21. The Balaban J connectivity index is 2.44. The van der Waals surface area contributed by atoms with Crippen molar-refractivity contribution in [2.24, 2.45) is 0 Å². The minimum atomic E-state index is -1.15. The van der Waals surface area contributed by atoms with Gasteiger partial charge in [0.25, 0.3) is 5.91 Å². The van der Waals surface area contributed by atoms with Crippen LogP contribution in [0, 0.1) is 5.82 Å². The molecule has 0 saturated carbocycles. The van der Waals surface area contributed by atoms with Crippen LogP contribution in [-0.4, -0.2) is 41.0 Å². The number of carbonyl (C=O) groups excluding carboxylic acids is 2. The van der Waals surface area contributed by atoms with Gasteiger partial charge in [-0.25, -0.2) is 9.18 Å². The molecule has 0 saturated heterocycles. The molecule has 1 aromatic carbocycles. The summed E-state index contributed by atoms with van der Waals surface area (Å²) in [6.07, 6.45) is -1.25. The number of amides is 3. The number of nitrogens with zero attached hydrogens (tertiary/aromatic N) is 1. The Kier molecular flexibility index (Phi) is 5.65. The van der Waals surface area contributed by atoms with Gasteiger partial charge in [-0.15, -0.1) is 0 Å². The van der Waals surface area contributed by atoms with Crippen molar-refractivity contribution in [2.75, 3.05) is 7.05 Å². The van der Waals surface area contributed by atoms with Crippen molar-refractivity contribution < 1.29 is 23.9 Å². The van der Waals surface area contributed by atoms with E-state index < -0.39 is 29.8 Å². The molecule has 1 unspecified atom stereocenters. The molecule has 7 nitrogen and oxygen atoms in total. The van der Waals surface area contributed by atoms with Crippen LogP contribution < -0.4 is 10.9 Å². The Labute approximate surface area is 120 Å². The molecule has 0 spiro atoms. The zero-order valence-electron chi connectivity index (χ0n) is 11.6. The molecule has 0 fully saturated rings. The second-order valence-corrected chi connectivity index (χ2v) is 4.46. The molecule has 1 aromatic rings. The summed E-state index contributed by atoms with van der Waals surface area (Å²) in [5.74, 6) is -1.60. The van der Waals surface area contributed by atoms with E-state index in [4.69, 9.17) is 5.11 Å². The van der Waals surface area contributed by atoms with Crippen LogP contribution in [0.15, 0.2) is 24.3 Å². The van der Waals surface area contributed by atoms with Gasteiger partial charge in [0.2, 0.25) is 5.91 Å². The Bertz CT molecular complexity index is 533. The summed E-state index contributed by atoms with van der Waals surface area (Å²) >= 11 is 0. The summed E-state index contributed by atoms with van der Waals surface area (Å²) < 4.78 is 12.7. The molecule has 8 heteroatoms. The summed E-state index contributed by atoms with van der Waals surface area (Å²) in [6.45, 7) is 1.56. The van der Waals surface area contributed by atoms with Crippen LogP contribution in [0.2, 0.25) is 0 Å². The van der Waals surface area contributed by atoms with Gasteiger partial charge in [0.1, 0.15) is 5.82 Å². The molecule has 21 heavy (non-hydrogen) atoms. The van der Waals surface area contributed by atoms with Crippen molar-refractivity contribution in [2.45, 2.75) is 19.4 Å². The predicted octanol–water partition coefficient (Wildman–Crippen LogP) is 0.975. The SMILES string of the molecule is CC(CC(=O)NNC(=O)c1ccc(F)cc1)N(C)C(=O)O. The zero-order chi connectivity index (χ0) is 16.0. The molecule has 0 aromatic heterocycles. The number of hydrazine groups is 1. The van der Waals surface area contributed by atoms with Gasteiger partial charge in [-0.1, -0.05) is 0 Å². The van der Waals surface area contributed by atoms with E-state index in [1.165, 1.54) is 19.2 Å². The maximum absolute atomic E-state index is 12.7. The number of rotatable bonds is 4. The molecule has 0 aliphatic carbocycles. The van der Waals surface area contributed by atoms with Crippen LogP contribution in [0.1, 0.15) is 23.7 Å². The maximum Gasteiger partial charge on any atom is 0.407 e. The first-order valence-corrected chi connectivity index (χ1v) is 6.11. The Morgan fingerprint density at radius 2 is 1.81 bits per heavy atom. The van der Waals surface area contributed by atoms with Gasteiger partial charge in [-0.3, -0.25) is 20.4 Å². The largest absolute Gasteiger partial charge is 0.465 e. The van der Waals surface area contributed by atoms with Crippen molar-refractivity contribution >= 4 is 17.9 Å². The average Bonchev–Trinajstić information content (AvgIpc) is 2.44. The van der Waals surface area contributed by atoms with Crippen molar-refractivity contribution in [1.29, 1.82) is 0 Å². The lowest BCUT2D eigenvalue weighted by Crippen LogP contribution is -2.45. The number of hydrogen-bond donors (Lipinski definition) is 3. The molecular weight excluding hydrogens is 281 g/mol. The molecule has 0 heterocycles. The quantitative estimate of drug-likeness (QED) is 0.721. The lowest BCUT2D eigenvalue weighted by molar-refractivity contribution is -0.122. The molecule has 0 aliphatic rings. The van der Waals surface area contributed by atoms with E-state index in [1.54, 1.807) is 6.92 Å². The summed E-state index contributed by atoms with van der Waals surface area (Å²) in [4.78, 5) is 34.9. The van der Waals surface area contributed by atoms with Gasteiger partial charge in [-0.2, -0.15) is 0 Å². The van der Waals surface area contributed by atoms with Gasteiger partial charge < -0.3 is 10.0 Å². The molecular formula is C13H16FN3O4. The third kappa shape index (κ3) is 5.09. The maximum atomic E-state index is 12.7. The molecule has 1 rings (SSSR count). The van der Waals surface area contributed by atoms with Gasteiger partial charge in [0.05, 0.1) is 0 Å². The topological polar surface area (TPSA) is 98.7 Å². The van der Waals surface area contributed by atoms with E-state index in [2.05, 4.69) is 10.9 Å². The summed E-state index contributed by atoms with van der Waals surface area (Å²) in [7, 11) is 1.34.